The van der Waals surface area contributed by atoms with E-state index in [0.29, 0.717) is 24.1 Å². The van der Waals surface area contributed by atoms with Gasteiger partial charge in [-0.2, -0.15) is 0 Å². The summed E-state index contributed by atoms with van der Waals surface area (Å²) in [7, 11) is 1.29. The van der Waals surface area contributed by atoms with E-state index in [1.165, 1.54) is 19.2 Å². The number of benzene rings is 3. The van der Waals surface area contributed by atoms with E-state index in [1.807, 2.05) is 30.3 Å². The molecule has 0 bridgehead atoms. The van der Waals surface area contributed by atoms with E-state index < -0.39 is 29.2 Å². The van der Waals surface area contributed by atoms with Crippen LogP contribution in [0.25, 0.3) is 11.0 Å². The van der Waals surface area contributed by atoms with E-state index in [0.717, 1.165) is 11.6 Å². The molecule has 2 heterocycles. The third-order valence-electron chi connectivity index (χ3n) is 6.06. The molecule has 170 valence electrons. The van der Waals surface area contributed by atoms with Gasteiger partial charge in [-0.3, -0.25) is 9.59 Å². The van der Waals surface area contributed by atoms with Crippen LogP contribution in [-0.2, 0) is 11.2 Å². The Hall–Kier alpha value is -4.26. The van der Waals surface area contributed by atoms with Crippen LogP contribution in [0.15, 0.2) is 82.0 Å². The summed E-state index contributed by atoms with van der Waals surface area (Å²) in [5.74, 6) is -1.50. The van der Waals surface area contributed by atoms with E-state index in [-0.39, 0.29) is 22.3 Å². The van der Waals surface area contributed by atoms with Gasteiger partial charge in [-0.1, -0.05) is 42.5 Å². The monoisotopic (exact) mass is 457 g/mol. The van der Waals surface area contributed by atoms with Crippen LogP contribution >= 0.6 is 0 Å². The normalized spacial score (nSPS) is 14.9. The van der Waals surface area contributed by atoms with Gasteiger partial charge in [0.15, 0.2) is 5.43 Å². The second-order valence-electron chi connectivity index (χ2n) is 8.06. The molecule has 0 N–H and O–H groups in total. The van der Waals surface area contributed by atoms with Crippen LogP contribution in [-0.4, -0.2) is 30.4 Å². The van der Waals surface area contributed by atoms with Crippen molar-refractivity contribution in [3.8, 4) is 0 Å². The fourth-order valence-electron chi connectivity index (χ4n) is 4.38. The van der Waals surface area contributed by atoms with Gasteiger partial charge >= 0.3 is 5.97 Å². The highest BCUT2D eigenvalue weighted by molar-refractivity contribution is 5.99. The molecule has 3 aromatic carbocycles. The van der Waals surface area contributed by atoms with Crippen LogP contribution in [0.5, 0.6) is 0 Å². The van der Waals surface area contributed by atoms with Crippen molar-refractivity contribution in [2.75, 3.05) is 13.7 Å². The van der Waals surface area contributed by atoms with Crippen molar-refractivity contribution >= 4 is 22.8 Å². The zero-order valence-corrected chi connectivity index (χ0v) is 18.3. The molecule has 0 aliphatic carbocycles. The van der Waals surface area contributed by atoms with Gasteiger partial charge in [0.1, 0.15) is 11.4 Å². The maximum Gasteiger partial charge on any atom is 0.337 e. The number of carbonyl (C=O) groups excluding carboxylic acids is 2. The van der Waals surface area contributed by atoms with Gasteiger partial charge < -0.3 is 14.1 Å². The van der Waals surface area contributed by atoms with Crippen molar-refractivity contribution in [1.29, 1.82) is 0 Å². The first-order valence-electron chi connectivity index (χ1n) is 10.8. The predicted octanol–water partition coefficient (Wildman–Crippen LogP) is 4.51. The molecule has 5 rings (SSSR count). The minimum atomic E-state index is -0.734. The number of amides is 1. The lowest BCUT2D eigenvalue weighted by atomic mass is 9.97. The van der Waals surface area contributed by atoms with Gasteiger partial charge in [0, 0.05) is 6.54 Å². The van der Waals surface area contributed by atoms with E-state index in [9.17, 15) is 18.8 Å². The van der Waals surface area contributed by atoms with E-state index >= 15 is 0 Å². The standard InChI is InChI=1S/C27H20FNO5/c1-33-27(32)18-9-7-17(8-10-18)23-22-24(30)20-15-19(28)11-12-21(20)34-25(22)26(31)29(23)14-13-16-5-3-2-4-6-16/h2-12,15,23H,13-14H2,1H3/t23-/m0/s1. The lowest BCUT2D eigenvalue weighted by Gasteiger charge is -2.25. The number of hydrogen-bond donors (Lipinski definition) is 0. The third-order valence-corrected chi connectivity index (χ3v) is 6.06. The van der Waals surface area contributed by atoms with Gasteiger partial charge in [-0.15, -0.1) is 0 Å². The smallest absolute Gasteiger partial charge is 0.337 e. The second kappa shape index (κ2) is 8.59. The summed E-state index contributed by atoms with van der Waals surface area (Å²) in [4.78, 5) is 40.3. The number of halogens is 1. The van der Waals surface area contributed by atoms with Gasteiger partial charge in [-0.05, 0) is 47.9 Å². The summed E-state index contributed by atoms with van der Waals surface area (Å²) >= 11 is 0. The van der Waals surface area contributed by atoms with Gasteiger partial charge in [0.25, 0.3) is 5.91 Å². The first-order chi connectivity index (χ1) is 16.5. The number of rotatable bonds is 5. The zero-order chi connectivity index (χ0) is 23.8. The number of esters is 1. The molecule has 1 aliphatic heterocycles. The minimum Gasteiger partial charge on any atom is -0.465 e. The molecule has 1 aliphatic rings. The molecule has 0 saturated carbocycles. The molecule has 1 aromatic heterocycles. The lowest BCUT2D eigenvalue weighted by molar-refractivity contribution is 0.0600. The molecule has 0 spiro atoms. The summed E-state index contributed by atoms with van der Waals surface area (Å²) in [5.41, 5.74) is 1.89. The molecule has 4 aromatic rings. The maximum atomic E-state index is 13.9. The Morgan fingerprint density at radius 1 is 1.03 bits per heavy atom. The highest BCUT2D eigenvalue weighted by atomic mass is 19.1. The zero-order valence-electron chi connectivity index (χ0n) is 18.3. The Morgan fingerprint density at radius 3 is 2.47 bits per heavy atom. The molecule has 1 amide bonds. The second-order valence-corrected chi connectivity index (χ2v) is 8.06. The first-order valence-corrected chi connectivity index (χ1v) is 10.8. The van der Waals surface area contributed by atoms with Crippen LogP contribution in [0, 0.1) is 5.82 Å². The lowest BCUT2D eigenvalue weighted by Crippen LogP contribution is -2.31. The summed E-state index contributed by atoms with van der Waals surface area (Å²) in [6.45, 7) is 0.334. The van der Waals surface area contributed by atoms with Gasteiger partial charge in [0.05, 0.1) is 29.7 Å². The topological polar surface area (TPSA) is 76.8 Å². The Morgan fingerprint density at radius 2 is 1.76 bits per heavy atom. The van der Waals surface area contributed by atoms with Crippen molar-refractivity contribution in [3.05, 3.63) is 117 Å². The fourth-order valence-corrected chi connectivity index (χ4v) is 4.38. The Labute approximate surface area is 194 Å². The number of hydrogen-bond acceptors (Lipinski definition) is 5. The van der Waals surface area contributed by atoms with Crippen LogP contribution in [0.3, 0.4) is 0 Å². The summed E-state index contributed by atoms with van der Waals surface area (Å²) in [6.07, 6.45) is 0.569. The number of nitrogens with zero attached hydrogens (tertiary/aromatic N) is 1. The molecular formula is C27H20FNO5. The Bertz CT molecular complexity index is 1460. The predicted molar refractivity (Wildman–Crippen MR) is 123 cm³/mol. The number of carbonyl (C=O) groups is 2. The molecule has 1 atom stereocenters. The third kappa shape index (κ3) is 3.65. The Balaban J connectivity index is 1.63. The first kappa shape index (κ1) is 21.6. The largest absolute Gasteiger partial charge is 0.465 e. The molecule has 0 saturated heterocycles. The fraction of sp³-hybridized carbons (Fsp3) is 0.148. The average Bonchev–Trinajstić information content (AvgIpc) is 3.15. The highest BCUT2D eigenvalue weighted by Crippen LogP contribution is 2.38. The van der Waals surface area contributed by atoms with E-state index in [1.54, 1.807) is 29.2 Å². The van der Waals surface area contributed by atoms with Crippen molar-refractivity contribution in [3.63, 3.8) is 0 Å². The van der Waals surface area contributed by atoms with Gasteiger partial charge in [0.2, 0.25) is 5.76 Å². The molecule has 0 fully saturated rings. The van der Waals surface area contributed by atoms with Crippen LogP contribution < -0.4 is 5.43 Å². The van der Waals surface area contributed by atoms with Crippen LogP contribution in [0.2, 0.25) is 0 Å². The highest BCUT2D eigenvalue weighted by Gasteiger charge is 2.42. The van der Waals surface area contributed by atoms with Crippen molar-refractivity contribution in [1.82, 2.24) is 4.90 Å². The molecule has 0 radical (unpaired) electrons. The van der Waals surface area contributed by atoms with Gasteiger partial charge in [-0.25, -0.2) is 9.18 Å². The summed E-state index contributed by atoms with van der Waals surface area (Å²) in [5, 5.41) is 0.0765. The number of ether oxygens (including phenoxy) is 1. The SMILES string of the molecule is COC(=O)c1ccc([C@H]2c3c(oc4ccc(F)cc4c3=O)C(=O)N2CCc2ccccc2)cc1. The molecule has 6 nitrogen and oxygen atoms in total. The number of methoxy groups -OCH3 is 1. The van der Waals surface area contributed by atoms with Crippen LogP contribution in [0.1, 0.15) is 43.6 Å². The molecule has 34 heavy (non-hydrogen) atoms. The van der Waals surface area contributed by atoms with Crippen LogP contribution in [0.4, 0.5) is 4.39 Å². The van der Waals surface area contributed by atoms with E-state index in [4.69, 9.17) is 9.15 Å². The van der Waals surface area contributed by atoms with Crippen molar-refractivity contribution < 1.29 is 23.1 Å². The molecular weight excluding hydrogens is 437 g/mol. The average molecular weight is 457 g/mol. The molecule has 7 heteroatoms. The Kier molecular flexibility index (Phi) is 5.45. The summed E-state index contributed by atoms with van der Waals surface area (Å²) < 4.78 is 24.5. The quantitative estimate of drug-likeness (QED) is 0.412. The van der Waals surface area contributed by atoms with Crippen molar-refractivity contribution in [2.24, 2.45) is 0 Å². The van der Waals surface area contributed by atoms with E-state index in [2.05, 4.69) is 0 Å². The minimum absolute atomic E-state index is 0.0424. The molecule has 0 unspecified atom stereocenters. The maximum absolute atomic E-state index is 13.9. The summed E-state index contributed by atoms with van der Waals surface area (Å²) in [6, 6.07) is 19.2. The number of fused-ring (bicyclic) bond motifs is 2. The van der Waals surface area contributed by atoms with Crippen molar-refractivity contribution in [2.45, 2.75) is 12.5 Å².